The SMILES string of the molecule is COc1cc(/C=C2\SC(=O)N(Cc3cc4c(cc3Cl)OCO4)C2=O)ccc1Oc1ccc(C(F)(F)F)cc1[N+](=O)[O-]. The van der Waals surface area contributed by atoms with Crippen LogP contribution >= 0.6 is 23.4 Å². The minimum atomic E-state index is -4.78. The van der Waals surface area contributed by atoms with E-state index in [1.54, 1.807) is 12.1 Å². The number of imide groups is 1. The van der Waals surface area contributed by atoms with Crippen molar-refractivity contribution in [3.8, 4) is 28.7 Å². The maximum absolute atomic E-state index is 13.0. The Morgan fingerprint density at radius 2 is 1.78 bits per heavy atom. The summed E-state index contributed by atoms with van der Waals surface area (Å²) < 4.78 is 60.5. The summed E-state index contributed by atoms with van der Waals surface area (Å²) in [7, 11) is 1.29. The topological polar surface area (TPSA) is 117 Å². The Balaban J connectivity index is 1.37. The fourth-order valence-electron chi connectivity index (χ4n) is 3.94. The summed E-state index contributed by atoms with van der Waals surface area (Å²) >= 11 is 7.01. The lowest BCUT2D eigenvalue weighted by atomic mass is 10.1. The van der Waals surface area contributed by atoms with Crippen LogP contribution in [0.5, 0.6) is 28.7 Å². The number of carbonyl (C=O) groups is 2. The van der Waals surface area contributed by atoms with E-state index in [1.807, 2.05) is 0 Å². The summed E-state index contributed by atoms with van der Waals surface area (Å²) in [5.41, 5.74) is -1.18. The number of nitro benzene ring substituents is 1. The number of ether oxygens (including phenoxy) is 4. The largest absolute Gasteiger partial charge is 0.493 e. The molecule has 5 rings (SSSR count). The Morgan fingerprint density at radius 3 is 2.46 bits per heavy atom. The molecule has 2 aliphatic rings. The number of benzene rings is 3. The van der Waals surface area contributed by atoms with E-state index in [1.165, 1.54) is 31.4 Å². The van der Waals surface area contributed by atoms with Gasteiger partial charge in [-0.2, -0.15) is 13.2 Å². The molecule has 2 amide bonds. The van der Waals surface area contributed by atoms with E-state index >= 15 is 0 Å². The fourth-order valence-corrected chi connectivity index (χ4v) is 4.99. The first-order valence-corrected chi connectivity index (χ1v) is 12.7. The van der Waals surface area contributed by atoms with Crippen molar-refractivity contribution in [1.82, 2.24) is 4.90 Å². The number of fused-ring (bicyclic) bond motifs is 1. The average molecular weight is 609 g/mol. The number of rotatable bonds is 7. The van der Waals surface area contributed by atoms with Crippen molar-refractivity contribution in [3.05, 3.63) is 85.3 Å². The Labute approximate surface area is 238 Å². The van der Waals surface area contributed by atoms with Crippen molar-refractivity contribution in [2.45, 2.75) is 12.7 Å². The third-order valence-corrected chi connectivity index (χ3v) is 7.19. The first kappa shape index (κ1) is 28.1. The zero-order valence-corrected chi connectivity index (χ0v) is 22.3. The number of thioether (sulfide) groups is 1. The molecule has 212 valence electrons. The Hall–Kier alpha value is -4.43. The highest BCUT2D eigenvalue weighted by atomic mass is 35.5. The van der Waals surface area contributed by atoms with Gasteiger partial charge in [-0.3, -0.25) is 24.6 Å². The smallest absolute Gasteiger partial charge is 0.416 e. The van der Waals surface area contributed by atoms with E-state index in [0.29, 0.717) is 51.5 Å². The molecule has 0 aromatic heterocycles. The molecular weight excluding hydrogens is 593 g/mol. The monoisotopic (exact) mass is 608 g/mol. The number of nitro groups is 1. The number of hydrogen-bond donors (Lipinski definition) is 0. The Morgan fingerprint density at radius 1 is 1.07 bits per heavy atom. The Kier molecular flexibility index (Phi) is 7.44. The van der Waals surface area contributed by atoms with Crippen molar-refractivity contribution in [2.24, 2.45) is 0 Å². The summed E-state index contributed by atoms with van der Waals surface area (Å²) in [6.45, 7) is -0.0621. The molecule has 0 atom stereocenters. The summed E-state index contributed by atoms with van der Waals surface area (Å²) in [5, 5.41) is 11.2. The van der Waals surface area contributed by atoms with Crippen LogP contribution in [0.3, 0.4) is 0 Å². The van der Waals surface area contributed by atoms with Crippen LogP contribution < -0.4 is 18.9 Å². The van der Waals surface area contributed by atoms with Crippen LogP contribution in [-0.2, 0) is 17.5 Å². The molecule has 0 N–H and O–H groups in total. The second-order valence-electron chi connectivity index (χ2n) is 8.51. The van der Waals surface area contributed by atoms with Crippen LogP contribution in [0.2, 0.25) is 5.02 Å². The molecule has 0 aliphatic carbocycles. The third-order valence-electron chi connectivity index (χ3n) is 5.93. The molecule has 1 fully saturated rings. The maximum atomic E-state index is 13.0. The van der Waals surface area contributed by atoms with Crippen LogP contribution in [0.25, 0.3) is 6.08 Å². The van der Waals surface area contributed by atoms with Gasteiger partial charge in [0.1, 0.15) is 0 Å². The third kappa shape index (κ3) is 5.74. The number of halogens is 4. The van der Waals surface area contributed by atoms with Gasteiger partial charge in [0.05, 0.1) is 29.0 Å². The van der Waals surface area contributed by atoms with Crippen molar-refractivity contribution in [1.29, 1.82) is 0 Å². The highest BCUT2D eigenvalue weighted by Crippen LogP contribution is 2.42. The second-order valence-corrected chi connectivity index (χ2v) is 9.91. The molecule has 3 aromatic rings. The lowest BCUT2D eigenvalue weighted by Crippen LogP contribution is -2.27. The molecule has 41 heavy (non-hydrogen) atoms. The molecule has 0 bridgehead atoms. The van der Waals surface area contributed by atoms with E-state index in [0.717, 1.165) is 11.0 Å². The van der Waals surface area contributed by atoms with E-state index in [9.17, 15) is 32.9 Å². The first-order valence-electron chi connectivity index (χ1n) is 11.5. The molecule has 2 heterocycles. The van der Waals surface area contributed by atoms with E-state index in [-0.39, 0.29) is 29.7 Å². The molecule has 10 nitrogen and oxygen atoms in total. The second kappa shape index (κ2) is 10.9. The molecular formula is C26H16ClF3N2O8S. The van der Waals surface area contributed by atoms with Crippen LogP contribution in [0.4, 0.5) is 23.7 Å². The highest BCUT2D eigenvalue weighted by molar-refractivity contribution is 8.18. The lowest BCUT2D eigenvalue weighted by Gasteiger charge is -2.14. The number of amides is 2. The van der Waals surface area contributed by atoms with Gasteiger partial charge in [-0.1, -0.05) is 17.7 Å². The van der Waals surface area contributed by atoms with Gasteiger partial charge >= 0.3 is 11.9 Å². The van der Waals surface area contributed by atoms with Gasteiger partial charge in [-0.25, -0.2) is 0 Å². The highest BCUT2D eigenvalue weighted by Gasteiger charge is 2.36. The standard InChI is InChI=1S/C26H16ClF3N2O8S/c1-37-20-6-13(2-4-19(20)40-18-5-3-15(26(28,29)30)9-17(18)32(35)36)7-23-24(33)31(25(34)41-23)11-14-8-21-22(10-16(14)27)39-12-38-21/h2-10H,11-12H2,1H3/b23-7-. The molecule has 1 saturated heterocycles. The fraction of sp³-hybridized carbons (Fsp3) is 0.154. The van der Waals surface area contributed by atoms with Crippen molar-refractivity contribution in [2.75, 3.05) is 13.9 Å². The summed E-state index contributed by atoms with van der Waals surface area (Å²) in [6.07, 6.45) is -3.33. The number of nitrogens with zero attached hydrogens (tertiary/aromatic N) is 2. The predicted octanol–water partition coefficient (Wildman–Crippen LogP) is 7.03. The van der Waals surface area contributed by atoms with Gasteiger partial charge in [0.25, 0.3) is 11.1 Å². The molecule has 0 unspecified atom stereocenters. The number of carbonyl (C=O) groups excluding carboxylic acids is 2. The first-order chi connectivity index (χ1) is 19.4. The van der Waals surface area contributed by atoms with Crippen LogP contribution in [0.1, 0.15) is 16.7 Å². The van der Waals surface area contributed by atoms with Gasteiger partial charge in [0.2, 0.25) is 12.5 Å². The van der Waals surface area contributed by atoms with Crippen LogP contribution in [0.15, 0.2) is 53.4 Å². The molecule has 0 spiro atoms. The maximum Gasteiger partial charge on any atom is 0.416 e. The zero-order valence-electron chi connectivity index (χ0n) is 20.7. The van der Waals surface area contributed by atoms with Gasteiger partial charge in [-0.15, -0.1) is 0 Å². The molecule has 0 radical (unpaired) electrons. The van der Waals surface area contributed by atoms with Gasteiger partial charge in [0, 0.05) is 17.2 Å². The van der Waals surface area contributed by atoms with E-state index in [4.69, 9.17) is 30.5 Å². The molecule has 2 aliphatic heterocycles. The predicted molar refractivity (Wildman–Crippen MR) is 140 cm³/mol. The lowest BCUT2D eigenvalue weighted by molar-refractivity contribution is -0.385. The normalized spacial score (nSPS) is 15.5. The molecule has 0 saturated carbocycles. The van der Waals surface area contributed by atoms with Crippen molar-refractivity contribution < 1.29 is 46.6 Å². The average Bonchev–Trinajstić information content (AvgIpc) is 3.47. The van der Waals surface area contributed by atoms with E-state index in [2.05, 4.69) is 0 Å². The van der Waals surface area contributed by atoms with Crippen LogP contribution in [0, 0.1) is 10.1 Å². The van der Waals surface area contributed by atoms with Gasteiger partial charge < -0.3 is 18.9 Å². The van der Waals surface area contributed by atoms with Crippen LogP contribution in [-0.4, -0.2) is 34.9 Å². The number of alkyl halides is 3. The minimum Gasteiger partial charge on any atom is -0.493 e. The zero-order chi connectivity index (χ0) is 29.5. The minimum absolute atomic E-state index is 0.0296. The summed E-state index contributed by atoms with van der Waals surface area (Å²) in [5.74, 6) is -0.0480. The Bertz CT molecular complexity index is 1630. The summed E-state index contributed by atoms with van der Waals surface area (Å²) in [4.78, 5) is 37.2. The van der Waals surface area contributed by atoms with Crippen molar-refractivity contribution in [3.63, 3.8) is 0 Å². The van der Waals surface area contributed by atoms with Gasteiger partial charge in [0.15, 0.2) is 23.0 Å². The molecule has 15 heteroatoms. The number of methoxy groups -OCH3 is 1. The van der Waals surface area contributed by atoms with E-state index < -0.39 is 39.2 Å². The quantitative estimate of drug-likeness (QED) is 0.158. The van der Waals surface area contributed by atoms with Gasteiger partial charge in [-0.05, 0) is 59.3 Å². The molecule has 3 aromatic carbocycles. The number of hydrogen-bond acceptors (Lipinski definition) is 9. The van der Waals surface area contributed by atoms with Crippen molar-refractivity contribution >= 4 is 46.3 Å². The summed E-state index contributed by atoms with van der Waals surface area (Å²) in [6, 6.07) is 9.31.